The minimum atomic E-state index is -1.09. The number of carboxylic acids is 1. The topological polar surface area (TPSA) is 101 Å². The van der Waals surface area contributed by atoms with Crippen LogP contribution in [0.2, 0.25) is 0 Å². The number of nitrogens with zero attached hydrogens (tertiary/aromatic N) is 3. The summed E-state index contributed by atoms with van der Waals surface area (Å²) in [5.41, 5.74) is 1.65. The number of hydrogen-bond acceptors (Lipinski definition) is 6. The summed E-state index contributed by atoms with van der Waals surface area (Å²) in [7, 11) is 0. The molecule has 0 amide bonds. The van der Waals surface area contributed by atoms with Crippen LogP contribution >= 0.6 is 0 Å². The smallest absolute Gasteiger partial charge is 0.354 e. The summed E-state index contributed by atoms with van der Waals surface area (Å²) in [6, 6.07) is 1.34. The highest BCUT2D eigenvalue weighted by Crippen LogP contribution is 2.13. The third kappa shape index (κ3) is 2.45. The van der Waals surface area contributed by atoms with Crippen LogP contribution in [0.3, 0.4) is 0 Å². The Kier molecular flexibility index (Phi) is 3.22. The lowest BCUT2D eigenvalue weighted by Crippen LogP contribution is -2.08. The standard InChI is InChI=1S/C11H12N4O3/c1-6-8(7(2)18-15-6)5-13-11-12-4-3-9(14-11)10(16)17/h3-4H,5H2,1-2H3,(H,16,17)(H,12,13,14). The second kappa shape index (κ2) is 4.82. The highest BCUT2D eigenvalue weighted by molar-refractivity contribution is 5.85. The zero-order chi connectivity index (χ0) is 13.1. The Bertz CT molecular complexity index is 560. The Hall–Kier alpha value is -2.44. The van der Waals surface area contributed by atoms with E-state index in [9.17, 15) is 4.79 Å². The molecule has 0 saturated carbocycles. The summed E-state index contributed by atoms with van der Waals surface area (Å²) in [6.07, 6.45) is 1.39. The van der Waals surface area contributed by atoms with Gasteiger partial charge in [-0.05, 0) is 19.9 Å². The van der Waals surface area contributed by atoms with Gasteiger partial charge in [0.05, 0.1) is 5.69 Å². The molecule has 0 aromatic carbocycles. The van der Waals surface area contributed by atoms with Gasteiger partial charge in [0, 0.05) is 18.3 Å². The molecule has 94 valence electrons. The average Bonchev–Trinajstić information content (AvgIpc) is 2.67. The summed E-state index contributed by atoms with van der Waals surface area (Å²) in [5.74, 6) is -0.109. The van der Waals surface area contributed by atoms with Crippen LogP contribution in [0.1, 0.15) is 27.5 Å². The van der Waals surface area contributed by atoms with E-state index < -0.39 is 5.97 Å². The monoisotopic (exact) mass is 248 g/mol. The van der Waals surface area contributed by atoms with Crippen molar-refractivity contribution in [3.05, 3.63) is 35.0 Å². The highest BCUT2D eigenvalue weighted by atomic mass is 16.5. The molecule has 2 N–H and O–H groups in total. The van der Waals surface area contributed by atoms with Crippen LogP contribution < -0.4 is 5.32 Å². The van der Waals surface area contributed by atoms with E-state index in [2.05, 4.69) is 20.4 Å². The van der Waals surface area contributed by atoms with Crippen molar-refractivity contribution in [2.24, 2.45) is 0 Å². The molecule has 2 aromatic heterocycles. The number of anilines is 1. The highest BCUT2D eigenvalue weighted by Gasteiger charge is 2.10. The molecule has 0 bridgehead atoms. The molecular formula is C11H12N4O3. The van der Waals surface area contributed by atoms with Gasteiger partial charge < -0.3 is 14.9 Å². The first kappa shape index (κ1) is 12.0. The van der Waals surface area contributed by atoms with Crippen LogP contribution in [0.25, 0.3) is 0 Å². The normalized spacial score (nSPS) is 10.3. The number of nitrogens with one attached hydrogen (secondary N) is 1. The number of aromatic nitrogens is 3. The molecule has 7 heteroatoms. The van der Waals surface area contributed by atoms with E-state index in [0.29, 0.717) is 6.54 Å². The SMILES string of the molecule is Cc1noc(C)c1CNc1nccc(C(=O)O)n1. The molecular weight excluding hydrogens is 236 g/mol. The lowest BCUT2D eigenvalue weighted by molar-refractivity contribution is 0.0690. The molecule has 0 atom stereocenters. The molecule has 2 rings (SSSR count). The number of aromatic carboxylic acids is 1. The zero-order valence-corrected chi connectivity index (χ0v) is 9.97. The summed E-state index contributed by atoms with van der Waals surface area (Å²) in [5, 5.41) is 15.6. The van der Waals surface area contributed by atoms with Gasteiger partial charge in [-0.2, -0.15) is 0 Å². The van der Waals surface area contributed by atoms with E-state index in [1.807, 2.05) is 13.8 Å². The largest absolute Gasteiger partial charge is 0.477 e. The van der Waals surface area contributed by atoms with Gasteiger partial charge in [0.15, 0.2) is 5.69 Å². The first-order valence-corrected chi connectivity index (χ1v) is 5.30. The predicted octanol–water partition coefficient (Wildman–Crippen LogP) is 1.39. The minimum Gasteiger partial charge on any atom is -0.477 e. The molecule has 0 aliphatic rings. The second-order valence-electron chi connectivity index (χ2n) is 3.73. The second-order valence-corrected chi connectivity index (χ2v) is 3.73. The number of carboxylic acid groups (broad SMARTS) is 1. The summed E-state index contributed by atoms with van der Waals surface area (Å²) >= 11 is 0. The third-order valence-electron chi connectivity index (χ3n) is 2.48. The fourth-order valence-corrected chi connectivity index (χ4v) is 1.48. The molecule has 0 aliphatic heterocycles. The van der Waals surface area contributed by atoms with Gasteiger partial charge in [-0.25, -0.2) is 14.8 Å². The summed E-state index contributed by atoms with van der Waals surface area (Å²) < 4.78 is 5.02. The van der Waals surface area contributed by atoms with Crippen LogP contribution in [-0.2, 0) is 6.54 Å². The van der Waals surface area contributed by atoms with E-state index in [1.165, 1.54) is 12.3 Å². The van der Waals surface area contributed by atoms with E-state index in [-0.39, 0.29) is 11.6 Å². The number of aryl methyl sites for hydroxylation is 2. The molecule has 0 unspecified atom stereocenters. The van der Waals surface area contributed by atoms with Crippen LogP contribution in [0.4, 0.5) is 5.95 Å². The Morgan fingerprint density at radius 1 is 1.50 bits per heavy atom. The fraction of sp³-hybridized carbons (Fsp3) is 0.273. The maximum absolute atomic E-state index is 10.8. The van der Waals surface area contributed by atoms with Crippen molar-refractivity contribution in [3.8, 4) is 0 Å². The average molecular weight is 248 g/mol. The Balaban J connectivity index is 2.11. The molecule has 2 heterocycles. The van der Waals surface area contributed by atoms with Gasteiger partial charge in [0.2, 0.25) is 5.95 Å². The van der Waals surface area contributed by atoms with E-state index in [4.69, 9.17) is 9.63 Å². The maximum atomic E-state index is 10.8. The van der Waals surface area contributed by atoms with Crippen LogP contribution in [0.5, 0.6) is 0 Å². The first-order chi connectivity index (χ1) is 8.58. The fourth-order valence-electron chi connectivity index (χ4n) is 1.48. The van der Waals surface area contributed by atoms with Gasteiger partial charge in [-0.1, -0.05) is 5.16 Å². The van der Waals surface area contributed by atoms with Gasteiger partial charge in [-0.15, -0.1) is 0 Å². The van der Waals surface area contributed by atoms with Crippen molar-refractivity contribution in [2.75, 3.05) is 5.32 Å². The maximum Gasteiger partial charge on any atom is 0.354 e. The molecule has 7 nitrogen and oxygen atoms in total. The van der Waals surface area contributed by atoms with Gasteiger partial charge in [0.25, 0.3) is 0 Å². The van der Waals surface area contributed by atoms with Gasteiger partial charge in [0.1, 0.15) is 5.76 Å². The van der Waals surface area contributed by atoms with Crippen LogP contribution in [-0.4, -0.2) is 26.2 Å². The summed E-state index contributed by atoms with van der Waals surface area (Å²) in [6.45, 7) is 4.08. The summed E-state index contributed by atoms with van der Waals surface area (Å²) in [4.78, 5) is 18.6. The third-order valence-corrected chi connectivity index (χ3v) is 2.48. The van der Waals surface area contributed by atoms with Crippen molar-refractivity contribution in [2.45, 2.75) is 20.4 Å². The van der Waals surface area contributed by atoms with Crippen molar-refractivity contribution in [1.82, 2.24) is 15.1 Å². The molecule has 0 spiro atoms. The van der Waals surface area contributed by atoms with Crippen LogP contribution in [0, 0.1) is 13.8 Å². The molecule has 0 radical (unpaired) electrons. The number of carbonyl (C=O) groups is 1. The molecule has 18 heavy (non-hydrogen) atoms. The van der Waals surface area contributed by atoms with Gasteiger partial charge >= 0.3 is 5.97 Å². The molecule has 0 fully saturated rings. The van der Waals surface area contributed by atoms with Crippen LogP contribution in [0.15, 0.2) is 16.8 Å². The Labute approximate surface area is 103 Å². The van der Waals surface area contributed by atoms with Crippen molar-refractivity contribution in [3.63, 3.8) is 0 Å². The Morgan fingerprint density at radius 2 is 2.28 bits per heavy atom. The number of rotatable bonds is 4. The Morgan fingerprint density at radius 3 is 2.89 bits per heavy atom. The van der Waals surface area contributed by atoms with Crippen molar-refractivity contribution >= 4 is 11.9 Å². The zero-order valence-electron chi connectivity index (χ0n) is 9.97. The van der Waals surface area contributed by atoms with E-state index >= 15 is 0 Å². The predicted molar refractivity (Wildman–Crippen MR) is 62.3 cm³/mol. The number of hydrogen-bond donors (Lipinski definition) is 2. The first-order valence-electron chi connectivity index (χ1n) is 5.30. The molecule has 2 aromatic rings. The quantitative estimate of drug-likeness (QED) is 0.842. The van der Waals surface area contributed by atoms with Crippen molar-refractivity contribution in [1.29, 1.82) is 0 Å². The lowest BCUT2D eigenvalue weighted by Gasteiger charge is -2.04. The molecule has 0 saturated heterocycles. The van der Waals surface area contributed by atoms with Gasteiger partial charge in [-0.3, -0.25) is 0 Å². The lowest BCUT2D eigenvalue weighted by atomic mass is 10.2. The molecule has 0 aliphatic carbocycles. The minimum absolute atomic E-state index is 0.0498. The van der Waals surface area contributed by atoms with E-state index in [1.54, 1.807) is 0 Å². The van der Waals surface area contributed by atoms with Crippen molar-refractivity contribution < 1.29 is 14.4 Å². The van der Waals surface area contributed by atoms with E-state index in [0.717, 1.165) is 17.0 Å².